The van der Waals surface area contributed by atoms with Crippen molar-refractivity contribution in [2.45, 2.75) is 147 Å². The molecular formula is C57H69Ac2N9O9. The van der Waals surface area contributed by atoms with Gasteiger partial charge in [0.25, 0.3) is 0 Å². The molecule has 8 N–H and O–H groups in total. The van der Waals surface area contributed by atoms with Crippen LogP contribution in [0.3, 0.4) is 0 Å². The zero-order valence-electron chi connectivity index (χ0n) is 45.6. The average molecular weight is 1480 g/mol. The zero-order valence-corrected chi connectivity index (χ0v) is 55.1. The molecule has 2 saturated heterocycles. The molecule has 2 fully saturated rings. The first kappa shape index (κ1) is 58.0. The number of carbonyl (C=O) groups excluding carboxylic acids is 1. The van der Waals surface area contributed by atoms with E-state index in [0.29, 0.717) is 77.7 Å². The van der Waals surface area contributed by atoms with Crippen LogP contribution in [-0.4, -0.2) is 136 Å². The third-order valence-electron chi connectivity index (χ3n) is 18.7. The maximum atomic E-state index is 13.1. The number of phenolic OH excluding ortho intramolecular Hbond substituents is 4. The Hall–Kier alpha value is -3.63. The fourth-order valence-electron chi connectivity index (χ4n) is 14.7. The summed E-state index contributed by atoms with van der Waals surface area (Å²) >= 11 is 0. The molecule has 18 nitrogen and oxygen atoms in total. The second-order valence-corrected chi connectivity index (χ2v) is 22.0. The minimum atomic E-state index is -0.499. The molecule has 0 spiro atoms. The van der Waals surface area contributed by atoms with Crippen LogP contribution in [-0.2, 0) is 30.5 Å². The first-order valence-electron chi connectivity index (χ1n) is 26.3. The van der Waals surface area contributed by atoms with Crippen molar-refractivity contribution in [2.24, 2.45) is 5.73 Å². The third-order valence-corrected chi connectivity index (χ3v) is 18.7. The number of aromatic hydroxyl groups is 4. The largest absolute Gasteiger partial charge is 0.507 e. The van der Waals surface area contributed by atoms with Gasteiger partial charge >= 0.3 is 0 Å². The van der Waals surface area contributed by atoms with Crippen molar-refractivity contribution in [2.75, 3.05) is 47.8 Å². The quantitative estimate of drug-likeness (QED) is 0.132. The number of rotatable bonds is 6. The summed E-state index contributed by atoms with van der Waals surface area (Å²) in [5.74, 6) is 3.14. The number of carbonyl (C=O) groups is 1. The Morgan fingerprint density at radius 1 is 0.649 bits per heavy atom. The summed E-state index contributed by atoms with van der Waals surface area (Å²) in [5, 5.41) is 72.8. The molecule has 402 valence electrons. The topological polar surface area (TPSA) is 246 Å². The maximum absolute atomic E-state index is 13.1. The number of phenols is 4. The van der Waals surface area contributed by atoms with Gasteiger partial charge in [0.15, 0.2) is 23.0 Å². The van der Waals surface area contributed by atoms with Crippen LogP contribution in [0.15, 0.2) is 12.1 Å². The molecule has 0 aromatic heterocycles. The van der Waals surface area contributed by atoms with Gasteiger partial charge in [-0.1, -0.05) is 19.1 Å². The van der Waals surface area contributed by atoms with Crippen LogP contribution in [0.5, 0.6) is 46.0 Å². The second kappa shape index (κ2) is 22.0. The summed E-state index contributed by atoms with van der Waals surface area (Å²) in [7, 11) is 5.84. The van der Waals surface area contributed by atoms with Crippen molar-refractivity contribution >= 4 is 5.91 Å². The van der Waals surface area contributed by atoms with E-state index < -0.39 is 18.1 Å². The van der Waals surface area contributed by atoms with E-state index in [1.165, 1.54) is 0 Å². The van der Waals surface area contributed by atoms with Crippen molar-refractivity contribution in [3.63, 3.8) is 0 Å². The van der Waals surface area contributed by atoms with Crippen molar-refractivity contribution in [3.8, 4) is 58.1 Å². The van der Waals surface area contributed by atoms with Gasteiger partial charge in [0, 0.05) is 170 Å². The molecular weight excluding hydrogens is 1410 g/mol. The standard InChI is InChI=1S/C31H39N5O5.C26H30N4O4.2Ac/c1-7-19(33-5)31(39)34-12-23-25-18(27(37)16(4)29-30(25)41-13-40-29)10-21-26-24-17(8-14(2)15(3)28(24)38)9-20(35(26)6)22(11-32)36(21)23;1-11-5-14-6-16-18(8-27)30-17(22(29(16)4)20(14)24(32)12(11)2)7-15-21(19(30)9-28)26-25(33-10-34-26)13(3)23(15)31;;/h8,19-23,26,33,37-38H,7,9-10,12-13H2,1-6H3,(H,34,39);5,16-19,22,31-32H,6-7,9-10,28H2,1-4H3;;/t19-,20-,21?,22-,23-,26-;16-,17?,18-,19-,22-;;/m00../s1. The van der Waals surface area contributed by atoms with Crippen molar-refractivity contribution in [1.82, 2.24) is 30.2 Å². The molecule has 4 bridgehead atoms. The molecule has 4 aromatic carbocycles. The number of likely N-dealkylation sites (N-methyl/N-ethyl adjacent to an activating group) is 3. The molecule has 1 amide bonds. The molecule has 20 heteroatoms. The molecule has 12 rings (SSSR count). The predicted octanol–water partition coefficient (Wildman–Crippen LogP) is 5.12. The van der Waals surface area contributed by atoms with E-state index in [1.807, 2.05) is 62.6 Å². The molecule has 0 saturated carbocycles. The first-order valence-corrected chi connectivity index (χ1v) is 26.3. The van der Waals surface area contributed by atoms with Crippen LogP contribution < -0.4 is 35.3 Å². The summed E-state index contributed by atoms with van der Waals surface area (Å²) in [6.45, 7) is 14.2. The molecule has 4 aromatic rings. The van der Waals surface area contributed by atoms with Crippen LogP contribution in [0.25, 0.3) is 0 Å². The summed E-state index contributed by atoms with van der Waals surface area (Å²) in [6.07, 6.45) is 2.90. The number of amides is 1. The number of benzene rings is 4. The molecule has 8 heterocycles. The Kier molecular flexibility index (Phi) is 16.6. The maximum Gasteiger partial charge on any atom is 0.237 e. The second-order valence-electron chi connectivity index (χ2n) is 22.0. The SMILES string of the molecule is CC[C@H](NC)C(=O)NC[C@H]1c2c(c(O)c(C)c3c2OCO3)CC2[C@H]3c4c(cc(C)c(C)c4O)C[C@@H]([C@H](C#N)N21)N3C.Cc1cc2c(c(O)c1C)[C@@H]1C3Cc4c(O)c(C)c5c(c4[C@H](CN)N3[C@@H](C#N)[C@H](C2)N1C)OCO5.[Ac].[Ac]. The molecule has 0 aliphatic carbocycles. The number of nitrogens with one attached hydrogen (secondary N) is 2. The fourth-order valence-corrected chi connectivity index (χ4v) is 14.7. The van der Waals surface area contributed by atoms with E-state index in [4.69, 9.17) is 24.7 Å². The Labute approximate surface area is 522 Å². The van der Waals surface area contributed by atoms with Crippen LogP contribution in [0.1, 0.15) is 115 Å². The Morgan fingerprint density at radius 3 is 1.47 bits per heavy atom. The van der Waals surface area contributed by atoms with Crippen molar-refractivity contribution in [3.05, 3.63) is 90.0 Å². The number of piperazine rings is 2. The van der Waals surface area contributed by atoms with Gasteiger partial charge in [0.05, 0.1) is 42.3 Å². The molecule has 77 heavy (non-hydrogen) atoms. The molecule has 2 radical (unpaired) electrons. The normalized spacial score (nSPS) is 27.2. The summed E-state index contributed by atoms with van der Waals surface area (Å²) in [5.41, 5.74) is 18.6. The summed E-state index contributed by atoms with van der Waals surface area (Å²) < 4.78 is 23.4. The molecule has 2 unspecified atom stereocenters. The van der Waals surface area contributed by atoms with Gasteiger partial charge < -0.3 is 55.7 Å². The zero-order chi connectivity index (χ0) is 53.4. The van der Waals surface area contributed by atoms with E-state index in [-0.39, 0.29) is 181 Å². The number of hydrogen-bond acceptors (Lipinski definition) is 17. The number of fused-ring (bicyclic) bond motifs is 18. The number of aryl methyl sites for hydroxylation is 2. The number of nitrogens with zero attached hydrogens (tertiary/aromatic N) is 6. The molecule has 8 aliphatic heterocycles. The smallest absolute Gasteiger partial charge is 0.237 e. The van der Waals surface area contributed by atoms with Gasteiger partial charge in [-0.15, -0.1) is 0 Å². The fraction of sp³-hybridized carbons (Fsp3) is 0.526. The van der Waals surface area contributed by atoms with Crippen molar-refractivity contribution < 1.29 is 132 Å². The third kappa shape index (κ3) is 8.67. The van der Waals surface area contributed by atoms with E-state index in [2.05, 4.69) is 54.5 Å². The van der Waals surface area contributed by atoms with Gasteiger partial charge in [0.2, 0.25) is 19.5 Å². The van der Waals surface area contributed by atoms with Gasteiger partial charge in [-0.2, -0.15) is 10.5 Å². The summed E-state index contributed by atoms with van der Waals surface area (Å²) in [6, 6.07) is 6.58. The predicted molar refractivity (Wildman–Crippen MR) is 277 cm³/mol. The number of nitriles is 2. The monoisotopic (exact) mass is 1480 g/mol. The molecule has 8 aliphatic rings. The van der Waals surface area contributed by atoms with E-state index >= 15 is 0 Å². The first-order chi connectivity index (χ1) is 35.9. The van der Waals surface area contributed by atoms with Gasteiger partial charge in [-0.3, -0.25) is 24.4 Å². The van der Waals surface area contributed by atoms with Gasteiger partial charge in [0.1, 0.15) is 35.1 Å². The van der Waals surface area contributed by atoms with Crippen LogP contribution in [0.4, 0.5) is 0 Å². The number of nitrogens with two attached hydrogens (primary N) is 1. The number of ether oxygens (including phenoxy) is 4. The van der Waals surface area contributed by atoms with Crippen molar-refractivity contribution in [1.29, 1.82) is 10.5 Å². The van der Waals surface area contributed by atoms with E-state index in [9.17, 15) is 35.7 Å². The van der Waals surface area contributed by atoms with Gasteiger partial charge in [-0.25, -0.2) is 0 Å². The van der Waals surface area contributed by atoms with Crippen LogP contribution in [0, 0.1) is 152 Å². The minimum Gasteiger partial charge on any atom is -0.507 e. The van der Waals surface area contributed by atoms with E-state index in [0.717, 1.165) is 66.8 Å². The van der Waals surface area contributed by atoms with Crippen LogP contribution >= 0.6 is 0 Å². The Bertz CT molecular complexity index is 3160. The molecule has 11 atom stereocenters. The van der Waals surface area contributed by atoms with E-state index in [1.54, 1.807) is 7.05 Å². The number of hydrogen-bond donors (Lipinski definition) is 7. The average Bonchev–Trinajstić information content (AvgIpc) is 4.20. The Balaban J connectivity index is 0.000000186. The Morgan fingerprint density at radius 2 is 1.06 bits per heavy atom. The minimum absolute atomic E-state index is 0. The summed E-state index contributed by atoms with van der Waals surface area (Å²) in [4.78, 5) is 22.1. The van der Waals surface area contributed by atoms with Crippen LogP contribution in [0.2, 0.25) is 0 Å². The van der Waals surface area contributed by atoms with Gasteiger partial charge in [-0.05, 0) is 128 Å².